The third-order valence-corrected chi connectivity index (χ3v) is 3.37. The first-order valence-corrected chi connectivity index (χ1v) is 7.72. The molecule has 0 N–H and O–H groups in total. The molecule has 0 aromatic heterocycles. The molecule has 0 aliphatic heterocycles. The Bertz CT molecular complexity index is 308. The molecular weight excluding hydrogens is 232 g/mol. The predicted octanol–water partition coefficient (Wildman–Crippen LogP) is 5.85. The lowest BCUT2D eigenvalue weighted by atomic mass is 10.0. The zero-order chi connectivity index (χ0) is 14.7. The normalized spacial score (nSPS) is 13.2. The van der Waals surface area contributed by atoms with E-state index in [-0.39, 0.29) is 5.78 Å². The predicted molar refractivity (Wildman–Crippen MR) is 85.4 cm³/mol. The summed E-state index contributed by atoms with van der Waals surface area (Å²) in [6.45, 7) is 10.6. The zero-order valence-corrected chi connectivity index (χ0v) is 13.6. The standard InChI is InChI=1S/C18H32O/c1-15(2)9-6-10-16(3)11-7-12-17(4)13-8-14-18(5)19/h11,13,15H,6-10,12,14H2,1-5H3. The second-order valence-corrected chi connectivity index (χ2v) is 6.17. The molecule has 0 heterocycles. The first-order chi connectivity index (χ1) is 8.91. The van der Waals surface area contributed by atoms with Gasteiger partial charge in [0.25, 0.3) is 0 Å². The van der Waals surface area contributed by atoms with Crippen LogP contribution in [-0.2, 0) is 4.79 Å². The molecule has 0 bridgehead atoms. The molecule has 0 aliphatic carbocycles. The molecule has 0 saturated carbocycles. The van der Waals surface area contributed by atoms with E-state index in [9.17, 15) is 4.79 Å². The highest BCUT2D eigenvalue weighted by Crippen LogP contribution is 2.14. The molecule has 0 unspecified atom stereocenters. The van der Waals surface area contributed by atoms with Crippen LogP contribution in [0, 0.1) is 5.92 Å². The number of carbonyl (C=O) groups is 1. The van der Waals surface area contributed by atoms with E-state index in [0.29, 0.717) is 6.42 Å². The lowest BCUT2D eigenvalue weighted by Crippen LogP contribution is -1.88. The highest BCUT2D eigenvalue weighted by Gasteiger charge is 1.96. The summed E-state index contributed by atoms with van der Waals surface area (Å²) < 4.78 is 0. The third-order valence-electron chi connectivity index (χ3n) is 3.37. The topological polar surface area (TPSA) is 17.1 Å². The van der Waals surface area contributed by atoms with Gasteiger partial charge in [-0.1, -0.05) is 43.6 Å². The molecule has 0 aromatic carbocycles. The van der Waals surface area contributed by atoms with Gasteiger partial charge in [0.2, 0.25) is 0 Å². The summed E-state index contributed by atoms with van der Waals surface area (Å²) >= 11 is 0. The second-order valence-electron chi connectivity index (χ2n) is 6.17. The van der Waals surface area contributed by atoms with Gasteiger partial charge in [0.15, 0.2) is 0 Å². The van der Waals surface area contributed by atoms with Gasteiger partial charge in [-0.2, -0.15) is 0 Å². The molecule has 1 nitrogen and oxygen atoms in total. The van der Waals surface area contributed by atoms with Gasteiger partial charge in [-0.05, 0) is 58.8 Å². The Morgan fingerprint density at radius 1 is 0.895 bits per heavy atom. The fourth-order valence-electron chi connectivity index (χ4n) is 2.06. The number of carbonyl (C=O) groups excluding carboxylic acids is 1. The smallest absolute Gasteiger partial charge is 0.130 e. The van der Waals surface area contributed by atoms with Gasteiger partial charge in [-0.25, -0.2) is 0 Å². The van der Waals surface area contributed by atoms with Crippen LogP contribution in [0.25, 0.3) is 0 Å². The third kappa shape index (κ3) is 13.4. The summed E-state index contributed by atoms with van der Waals surface area (Å²) in [6, 6.07) is 0. The van der Waals surface area contributed by atoms with Crippen molar-refractivity contribution in [2.45, 2.75) is 79.6 Å². The van der Waals surface area contributed by atoms with Crippen LogP contribution in [0.1, 0.15) is 79.6 Å². The van der Waals surface area contributed by atoms with Crippen LogP contribution in [-0.4, -0.2) is 5.78 Å². The van der Waals surface area contributed by atoms with Crippen molar-refractivity contribution >= 4 is 5.78 Å². The number of ketones is 1. The Hall–Kier alpha value is -0.850. The van der Waals surface area contributed by atoms with Gasteiger partial charge < -0.3 is 4.79 Å². The summed E-state index contributed by atoms with van der Waals surface area (Å²) in [6.07, 6.45) is 12.3. The Labute approximate surface area is 120 Å². The Morgan fingerprint density at radius 2 is 1.42 bits per heavy atom. The van der Waals surface area contributed by atoms with Crippen LogP contribution in [0.3, 0.4) is 0 Å². The summed E-state index contributed by atoms with van der Waals surface area (Å²) in [7, 11) is 0. The van der Waals surface area contributed by atoms with Gasteiger partial charge in [0, 0.05) is 6.42 Å². The second kappa shape index (κ2) is 11.0. The highest BCUT2D eigenvalue weighted by molar-refractivity contribution is 5.75. The molecule has 0 spiro atoms. The Balaban J connectivity index is 3.77. The van der Waals surface area contributed by atoms with Crippen molar-refractivity contribution in [2.24, 2.45) is 5.92 Å². The summed E-state index contributed by atoms with van der Waals surface area (Å²) in [5.74, 6) is 1.10. The lowest BCUT2D eigenvalue weighted by Gasteiger charge is -2.05. The average molecular weight is 264 g/mol. The number of allylic oxidation sites excluding steroid dienone is 4. The van der Waals surface area contributed by atoms with E-state index in [1.54, 1.807) is 6.92 Å². The van der Waals surface area contributed by atoms with E-state index in [1.165, 1.54) is 30.4 Å². The van der Waals surface area contributed by atoms with Crippen molar-refractivity contribution in [2.75, 3.05) is 0 Å². The van der Waals surface area contributed by atoms with Crippen molar-refractivity contribution in [1.29, 1.82) is 0 Å². The monoisotopic (exact) mass is 264 g/mol. The van der Waals surface area contributed by atoms with Crippen molar-refractivity contribution in [3.8, 4) is 0 Å². The van der Waals surface area contributed by atoms with Crippen LogP contribution < -0.4 is 0 Å². The molecule has 19 heavy (non-hydrogen) atoms. The van der Waals surface area contributed by atoms with Crippen molar-refractivity contribution in [3.63, 3.8) is 0 Å². The van der Waals surface area contributed by atoms with E-state index in [2.05, 4.69) is 39.8 Å². The Kier molecular flexibility index (Phi) is 10.5. The maximum Gasteiger partial charge on any atom is 0.130 e. The average Bonchev–Trinajstić information content (AvgIpc) is 2.27. The summed E-state index contributed by atoms with van der Waals surface area (Å²) in [5.41, 5.74) is 2.93. The molecule has 0 radical (unpaired) electrons. The minimum absolute atomic E-state index is 0.282. The van der Waals surface area contributed by atoms with E-state index < -0.39 is 0 Å². The fraction of sp³-hybridized carbons (Fsp3) is 0.722. The summed E-state index contributed by atoms with van der Waals surface area (Å²) in [4.78, 5) is 10.8. The quantitative estimate of drug-likeness (QED) is 0.452. The van der Waals surface area contributed by atoms with Gasteiger partial charge in [0.05, 0.1) is 0 Å². The molecule has 0 aliphatic rings. The number of hydrogen-bond donors (Lipinski definition) is 0. The van der Waals surface area contributed by atoms with Gasteiger partial charge in [-0.15, -0.1) is 0 Å². The van der Waals surface area contributed by atoms with Crippen molar-refractivity contribution in [1.82, 2.24) is 0 Å². The van der Waals surface area contributed by atoms with Crippen LogP contribution in [0.2, 0.25) is 0 Å². The molecule has 0 saturated heterocycles. The van der Waals surface area contributed by atoms with Gasteiger partial charge >= 0.3 is 0 Å². The maximum absolute atomic E-state index is 10.8. The molecular formula is C18H32O. The van der Waals surface area contributed by atoms with Crippen molar-refractivity contribution < 1.29 is 4.79 Å². The van der Waals surface area contributed by atoms with Gasteiger partial charge in [0.1, 0.15) is 5.78 Å². The Morgan fingerprint density at radius 3 is 1.95 bits per heavy atom. The minimum atomic E-state index is 0.282. The highest BCUT2D eigenvalue weighted by atomic mass is 16.1. The van der Waals surface area contributed by atoms with E-state index in [1.807, 2.05) is 0 Å². The van der Waals surface area contributed by atoms with Crippen LogP contribution in [0.15, 0.2) is 23.3 Å². The first kappa shape index (κ1) is 18.1. The van der Waals surface area contributed by atoms with Gasteiger partial charge in [-0.3, -0.25) is 0 Å². The minimum Gasteiger partial charge on any atom is -0.300 e. The zero-order valence-electron chi connectivity index (χ0n) is 13.6. The lowest BCUT2D eigenvalue weighted by molar-refractivity contribution is -0.116. The molecule has 0 atom stereocenters. The van der Waals surface area contributed by atoms with Crippen LogP contribution in [0.4, 0.5) is 0 Å². The molecule has 0 aromatic rings. The van der Waals surface area contributed by atoms with Crippen molar-refractivity contribution in [3.05, 3.63) is 23.3 Å². The molecule has 0 rings (SSSR count). The van der Waals surface area contributed by atoms with E-state index in [0.717, 1.165) is 25.2 Å². The molecule has 0 amide bonds. The molecule has 110 valence electrons. The largest absolute Gasteiger partial charge is 0.300 e. The molecule has 0 fully saturated rings. The number of hydrogen-bond acceptors (Lipinski definition) is 1. The first-order valence-electron chi connectivity index (χ1n) is 7.72. The number of rotatable bonds is 10. The van der Waals surface area contributed by atoms with Crippen LogP contribution in [0.5, 0.6) is 0 Å². The van der Waals surface area contributed by atoms with E-state index in [4.69, 9.17) is 0 Å². The van der Waals surface area contributed by atoms with Crippen LogP contribution >= 0.6 is 0 Å². The fourth-order valence-corrected chi connectivity index (χ4v) is 2.06. The van der Waals surface area contributed by atoms with E-state index >= 15 is 0 Å². The number of Topliss-reactive ketones (excluding diaryl/α,β-unsaturated/α-hetero) is 1. The summed E-state index contributed by atoms with van der Waals surface area (Å²) in [5, 5.41) is 0. The molecule has 1 heteroatoms. The maximum atomic E-state index is 10.8. The SMILES string of the molecule is CC(=O)CCC=C(C)CCC=C(C)CCCC(C)C.